The van der Waals surface area contributed by atoms with Crippen LogP contribution in [0.1, 0.15) is 0 Å². The smallest absolute Gasteiger partial charge is 0.164 e. The normalized spacial score (nSPS) is 11.6. The van der Waals surface area contributed by atoms with Gasteiger partial charge in [0.15, 0.2) is 17.5 Å². The van der Waals surface area contributed by atoms with Crippen LogP contribution in [0.2, 0.25) is 0 Å². The summed E-state index contributed by atoms with van der Waals surface area (Å²) in [5.74, 6) is 1.92. The Kier molecular flexibility index (Phi) is 7.64. The van der Waals surface area contributed by atoms with Gasteiger partial charge in [-0.1, -0.05) is 164 Å². The van der Waals surface area contributed by atoms with E-state index in [1.54, 1.807) is 0 Å². The average molecular weight is 734 g/mol. The van der Waals surface area contributed by atoms with E-state index >= 15 is 0 Å². The van der Waals surface area contributed by atoms with Crippen molar-refractivity contribution in [3.05, 3.63) is 188 Å². The van der Waals surface area contributed by atoms with Gasteiger partial charge in [-0.25, -0.2) is 15.0 Å². The van der Waals surface area contributed by atoms with Gasteiger partial charge in [-0.05, 0) is 52.1 Å². The van der Waals surface area contributed by atoms with Gasteiger partial charge in [0.2, 0.25) is 0 Å². The number of fused-ring (bicyclic) bond motifs is 6. The number of para-hydroxylation sites is 1. The zero-order chi connectivity index (χ0) is 37.0. The summed E-state index contributed by atoms with van der Waals surface area (Å²) < 4.78 is 8.91. The van der Waals surface area contributed by atoms with Crippen LogP contribution in [-0.4, -0.2) is 15.0 Å². The number of aromatic nitrogens is 3. The first-order valence-corrected chi connectivity index (χ1v) is 19.5. The Labute approximate surface area is 327 Å². The van der Waals surface area contributed by atoms with Crippen molar-refractivity contribution in [3.8, 4) is 67.5 Å². The van der Waals surface area contributed by atoms with Crippen molar-refractivity contribution in [2.75, 3.05) is 0 Å². The number of hydrogen-bond acceptors (Lipinski definition) is 5. The predicted octanol–water partition coefficient (Wildman–Crippen LogP) is 14.1. The van der Waals surface area contributed by atoms with Crippen LogP contribution in [-0.2, 0) is 0 Å². The maximum atomic E-state index is 6.53. The fourth-order valence-corrected chi connectivity index (χ4v) is 9.15. The van der Waals surface area contributed by atoms with Gasteiger partial charge in [-0.2, -0.15) is 0 Å². The minimum atomic E-state index is 0.637. The molecule has 0 aliphatic carbocycles. The molecule has 3 heterocycles. The first-order valence-electron chi connectivity index (χ1n) is 18.7. The van der Waals surface area contributed by atoms with Crippen molar-refractivity contribution in [1.82, 2.24) is 15.0 Å². The minimum Gasteiger partial charge on any atom is -0.456 e. The summed E-state index contributed by atoms with van der Waals surface area (Å²) in [5.41, 5.74) is 11.5. The van der Waals surface area contributed by atoms with Crippen molar-refractivity contribution < 1.29 is 4.42 Å². The summed E-state index contributed by atoms with van der Waals surface area (Å²) in [6.45, 7) is 0. The summed E-state index contributed by atoms with van der Waals surface area (Å²) in [6.07, 6.45) is 0. The first kappa shape index (κ1) is 32.2. The third-order valence-electron chi connectivity index (χ3n) is 10.6. The molecule has 0 bridgehead atoms. The topological polar surface area (TPSA) is 51.8 Å². The fourth-order valence-electron chi connectivity index (χ4n) is 7.89. The molecule has 11 aromatic rings. The molecule has 4 nitrogen and oxygen atoms in total. The minimum absolute atomic E-state index is 0.637. The molecule has 262 valence electrons. The van der Waals surface area contributed by atoms with E-state index in [1.807, 2.05) is 41.7 Å². The Bertz CT molecular complexity index is 3230. The number of rotatable bonds is 6. The van der Waals surface area contributed by atoms with E-state index in [0.717, 1.165) is 66.3 Å². The molecule has 8 aromatic carbocycles. The average Bonchev–Trinajstić information content (AvgIpc) is 3.86. The Morgan fingerprint density at radius 1 is 0.339 bits per heavy atom. The van der Waals surface area contributed by atoms with Gasteiger partial charge in [-0.15, -0.1) is 11.3 Å². The largest absolute Gasteiger partial charge is 0.456 e. The van der Waals surface area contributed by atoms with E-state index in [2.05, 4.69) is 158 Å². The van der Waals surface area contributed by atoms with E-state index in [4.69, 9.17) is 19.4 Å². The Morgan fingerprint density at radius 3 is 1.61 bits per heavy atom. The molecule has 0 saturated carbocycles. The van der Waals surface area contributed by atoms with E-state index < -0.39 is 0 Å². The molecule has 0 spiro atoms. The molecule has 0 fully saturated rings. The SMILES string of the molecule is c1ccc(-c2ccc(-c3nc(-c4ccccc4)nc(-c4cccc5sc6c(-c7cc(-c8ccccc8)cc8oc9ccccc9c78)cccc6c45)n3)cc2)cc1. The van der Waals surface area contributed by atoms with Crippen LogP contribution in [0.3, 0.4) is 0 Å². The first-order chi connectivity index (χ1) is 27.7. The monoisotopic (exact) mass is 733 g/mol. The van der Waals surface area contributed by atoms with Crippen molar-refractivity contribution in [1.29, 1.82) is 0 Å². The number of furan rings is 1. The molecular formula is C51H31N3OS. The standard InChI is InChI=1S/C51H31N3OS/c1-4-14-32(15-5-1)34-26-28-36(29-27-34)50-52-49(35-18-8-3-9-19-35)53-51(54-50)41-23-13-25-45-47(41)40-22-12-21-38(48(40)56-45)42-30-37(33-16-6-2-7-17-33)31-44-46(42)39-20-10-11-24-43(39)55-44/h1-31H. The second-order valence-electron chi connectivity index (χ2n) is 13.9. The highest BCUT2D eigenvalue weighted by atomic mass is 32.1. The molecular weight excluding hydrogens is 703 g/mol. The quantitative estimate of drug-likeness (QED) is 0.171. The lowest BCUT2D eigenvalue weighted by Gasteiger charge is -2.11. The van der Waals surface area contributed by atoms with Crippen molar-refractivity contribution >= 4 is 53.4 Å². The number of nitrogens with zero attached hydrogens (tertiary/aromatic N) is 3. The molecule has 0 atom stereocenters. The second-order valence-corrected chi connectivity index (χ2v) is 15.0. The number of benzene rings is 8. The van der Waals surface area contributed by atoms with E-state index in [9.17, 15) is 0 Å². The molecule has 11 rings (SSSR count). The summed E-state index contributed by atoms with van der Waals surface area (Å²) in [7, 11) is 0. The third-order valence-corrected chi connectivity index (χ3v) is 11.8. The maximum Gasteiger partial charge on any atom is 0.164 e. The van der Waals surface area contributed by atoms with Crippen molar-refractivity contribution in [2.45, 2.75) is 0 Å². The zero-order valence-corrected chi connectivity index (χ0v) is 30.9. The van der Waals surface area contributed by atoms with E-state index in [-0.39, 0.29) is 0 Å². The molecule has 3 aromatic heterocycles. The molecule has 0 N–H and O–H groups in total. The number of thiophene rings is 1. The van der Waals surface area contributed by atoms with E-state index in [1.165, 1.54) is 25.9 Å². The van der Waals surface area contributed by atoms with Gasteiger partial charge in [0.1, 0.15) is 11.2 Å². The van der Waals surface area contributed by atoms with Crippen LogP contribution in [0.25, 0.3) is 110 Å². The maximum absolute atomic E-state index is 6.53. The second kappa shape index (κ2) is 13.3. The van der Waals surface area contributed by atoms with Crippen molar-refractivity contribution in [2.24, 2.45) is 0 Å². The van der Waals surface area contributed by atoms with Gasteiger partial charge in [0.25, 0.3) is 0 Å². The Hall–Kier alpha value is -7.21. The molecule has 0 saturated heterocycles. The van der Waals surface area contributed by atoms with E-state index in [0.29, 0.717) is 17.5 Å². The lowest BCUT2D eigenvalue weighted by Crippen LogP contribution is -2.00. The molecule has 0 amide bonds. The van der Waals surface area contributed by atoms with Gasteiger partial charge in [0, 0.05) is 53.2 Å². The van der Waals surface area contributed by atoms with Crippen LogP contribution >= 0.6 is 11.3 Å². The Balaban J connectivity index is 1.12. The Morgan fingerprint density at radius 2 is 0.875 bits per heavy atom. The highest BCUT2D eigenvalue weighted by molar-refractivity contribution is 7.26. The van der Waals surface area contributed by atoms with Gasteiger partial charge < -0.3 is 4.42 Å². The zero-order valence-electron chi connectivity index (χ0n) is 30.1. The molecule has 0 unspecified atom stereocenters. The summed E-state index contributed by atoms with van der Waals surface area (Å²) in [6, 6.07) is 65.6. The summed E-state index contributed by atoms with van der Waals surface area (Å²) in [5, 5.41) is 4.54. The molecule has 56 heavy (non-hydrogen) atoms. The highest BCUT2D eigenvalue weighted by Crippen LogP contribution is 2.47. The molecule has 5 heteroatoms. The van der Waals surface area contributed by atoms with Crippen LogP contribution < -0.4 is 0 Å². The molecule has 0 aliphatic rings. The molecule has 0 radical (unpaired) electrons. The predicted molar refractivity (Wildman–Crippen MR) is 233 cm³/mol. The van der Waals surface area contributed by atoms with Gasteiger partial charge >= 0.3 is 0 Å². The lowest BCUT2D eigenvalue weighted by atomic mass is 9.93. The van der Waals surface area contributed by atoms with Crippen LogP contribution in [0.5, 0.6) is 0 Å². The van der Waals surface area contributed by atoms with Gasteiger partial charge in [0.05, 0.1) is 0 Å². The van der Waals surface area contributed by atoms with Gasteiger partial charge in [-0.3, -0.25) is 0 Å². The van der Waals surface area contributed by atoms with Crippen LogP contribution in [0, 0.1) is 0 Å². The van der Waals surface area contributed by atoms with Crippen LogP contribution in [0.4, 0.5) is 0 Å². The lowest BCUT2D eigenvalue weighted by molar-refractivity contribution is 0.669. The summed E-state index contributed by atoms with van der Waals surface area (Å²) in [4.78, 5) is 15.4. The molecule has 0 aliphatic heterocycles. The summed E-state index contributed by atoms with van der Waals surface area (Å²) >= 11 is 1.81. The third kappa shape index (κ3) is 5.48. The highest BCUT2D eigenvalue weighted by Gasteiger charge is 2.21. The number of hydrogen-bond donors (Lipinski definition) is 0. The van der Waals surface area contributed by atoms with Crippen LogP contribution in [0.15, 0.2) is 192 Å². The van der Waals surface area contributed by atoms with Crippen molar-refractivity contribution in [3.63, 3.8) is 0 Å². The fraction of sp³-hybridized carbons (Fsp3) is 0.